The predicted octanol–water partition coefficient (Wildman–Crippen LogP) is 3.39. The van der Waals surface area contributed by atoms with Gasteiger partial charge in [0.25, 0.3) is 0 Å². The van der Waals surface area contributed by atoms with E-state index >= 15 is 0 Å². The molecule has 1 aliphatic rings. The van der Waals surface area contributed by atoms with Gasteiger partial charge < -0.3 is 10.0 Å². The summed E-state index contributed by atoms with van der Waals surface area (Å²) in [5.74, 6) is 5.73. The molecule has 2 rings (SSSR count). The first kappa shape index (κ1) is 20.2. The Balaban J connectivity index is 1.78. The Bertz CT molecular complexity index is 657. The molecule has 0 unspecified atom stereocenters. The summed E-state index contributed by atoms with van der Waals surface area (Å²) < 4.78 is 0. The monoisotopic (exact) mass is 379 g/mol. The molecule has 0 spiro atoms. The van der Waals surface area contributed by atoms with Gasteiger partial charge in [-0.3, -0.25) is 4.79 Å². The van der Waals surface area contributed by atoms with Crippen LogP contribution in [0.1, 0.15) is 24.8 Å². The van der Waals surface area contributed by atoms with Crippen LogP contribution in [0.2, 0.25) is 16.4 Å². The zero-order valence-electron chi connectivity index (χ0n) is 14.6. The minimum atomic E-state index is -0.658. The Morgan fingerprint density at radius 2 is 2.08 bits per heavy atom. The number of likely N-dealkylation sites (tertiary alicyclic amines) is 1. The van der Waals surface area contributed by atoms with Crippen LogP contribution in [-0.4, -0.2) is 43.5 Å². The first-order valence-electron chi connectivity index (χ1n) is 8.86. The van der Waals surface area contributed by atoms with E-state index in [1.165, 1.54) is 0 Å². The van der Waals surface area contributed by atoms with Crippen molar-refractivity contribution in [2.45, 2.75) is 32.0 Å². The van der Waals surface area contributed by atoms with Gasteiger partial charge in [0.2, 0.25) is 0 Å². The second-order valence-corrected chi connectivity index (χ2v) is 7.45. The number of hydrogen-bond donors (Lipinski definition) is 1. The second kappa shape index (κ2) is 10.1. The maximum Gasteiger partial charge on any atom is 0.308 e. The zero-order chi connectivity index (χ0) is 18.2. The van der Waals surface area contributed by atoms with Gasteiger partial charge in [0, 0.05) is 32.5 Å². The maximum atomic E-state index is 11.4. The summed E-state index contributed by atoms with van der Waals surface area (Å²) in [6.45, 7) is 2.37. The van der Waals surface area contributed by atoms with Crippen molar-refractivity contribution in [2.75, 3.05) is 19.6 Å². The Morgan fingerprint density at radius 3 is 2.76 bits per heavy atom. The average molecular weight is 380 g/mol. The molecular weight excluding hydrogens is 356 g/mol. The molecule has 0 aromatic heterocycles. The van der Waals surface area contributed by atoms with Crippen molar-refractivity contribution in [1.29, 1.82) is 0 Å². The Kier molecular flexibility index (Phi) is 8.16. The van der Waals surface area contributed by atoms with Crippen molar-refractivity contribution in [3.8, 4) is 11.8 Å². The van der Waals surface area contributed by atoms with E-state index in [0.29, 0.717) is 23.0 Å². The van der Waals surface area contributed by atoms with Gasteiger partial charge in [-0.15, -0.1) is 5.92 Å². The van der Waals surface area contributed by atoms with Crippen LogP contribution in [0.4, 0.5) is 0 Å². The van der Waals surface area contributed by atoms with Crippen molar-refractivity contribution < 1.29 is 9.90 Å². The Labute approximate surface area is 161 Å². The molecule has 2 atom stereocenters. The van der Waals surface area contributed by atoms with Crippen LogP contribution in [0.25, 0.3) is 0 Å². The molecule has 25 heavy (non-hydrogen) atoms. The van der Waals surface area contributed by atoms with Crippen molar-refractivity contribution in [3.05, 3.63) is 33.8 Å². The normalized spacial score (nSPS) is 20.2. The number of carbonyl (C=O) groups is 1. The molecule has 134 valence electrons. The molecule has 6 heteroatoms. The van der Waals surface area contributed by atoms with Crippen LogP contribution in [0.5, 0.6) is 0 Å². The molecule has 0 aliphatic carbocycles. The third kappa shape index (κ3) is 6.26. The summed E-state index contributed by atoms with van der Waals surface area (Å²) in [6.07, 6.45) is 4.63. The molecule has 0 saturated carbocycles. The lowest BCUT2D eigenvalue weighted by atomic mass is 9.88. The number of nitrogens with zero attached hydrogens (tertiary/aromatic N) is 1. The van der Waals surface area contributed by atoms with Crippen LogP contribution in [-0.2, 0) is 11.2 Å². The minimum Gasteiger partial charge on any atom is -0.481 e. The fraction of sp³-hybridized carbons (Fsp3) is 0.526. The topological polar surface area (TPSA) is 40.5 Å². The highest BCUT2D eigenvalue weighted by molar-refractivity contribution is 6.42. The van der Waals surface area contributed by atoms with Crippen molar-refractivity contribution in [3.63, 3.8) is 0 Å². The highest BCUT2D eigenvalue weighted by Gasteiger charge is 2.36. The summed E-state index contributed by atoms with van der Waals surface area (Å²) in [5, 5.41) is 10.5. The number of halogens is 2. The minimum absolute atomic E-state index is 0.226. The van der Waals surface area contributed by atoms with Crippen LogP contribution in [0.3, 0.4) is 0 Å². The van der Waals surface area contributed by atoms with Gasteiger partial charge >= 0.3 is 5.97 Å². The van der Waals surface area contributed by atoms with E-state index in [1.54, 1.807) is 6.07 Å². The quantitative estimate of drug-likeness (QED) is 0.583. The molecule has 0 amide bonds. The third-order valence-electron chi connectivity index (χ3n) is 4.72. The lowest BCUT2D eigenvalue weighted by Crippen LogP contribution is -2.24. The highest BCUT2D eigenvalue weighted by atomic mass is 35.5. The summed E-state index contributed by atoms with van der Waals surface area (Å²) >= 11 is 11.9. The summed E-state index contributed by atoms with van der Waals surface area (Å²) in [7, 11) is 2.14. The Hall–Kier alpha value is -1.15. The molecular formula is C19H24BCl2NO2. The van der Waals surface area contributed by atoms with Gasteiger partial charge in [-0.25, -0.2) is 0 Å². The van der Waals surface area contributed by atoms with E-state index in [4.69, 9.17) is 23.2 Å². The smallest absolute Gasteiger partial charge is 0.308 e. The molecule has 1 N–H and O–H groups in total. The third-order valence-corrected chi connectivity index (χ3v) is 5.46. The average Bonchev–Trinajstić information content (AvgIpc) is 2.99. The summed E-state index contributed by atoms with van der Waals surface area (Å²) in [4.78, 5) is 13.7. The second-order valence-electron chi connectivity index (χ2n) is 6.64. The lowest BCUT2D eigenvalue weighted by molar-refractivity contribution is -0.142. The van der Waals surface area contributed by atoms with Crippen molar-refractivity contribution in [2.24, 2.45) is 11.8 Å². The van der Waals surface area contributed by atoms with Crippen LogP contribution in [0.15, 0.2) is 18.2 Å². The van der Waals surface area contributed by atoms with E-state index in [9.17, 15) is 9.90 Å². The zero-order valence-corrected chi connectivity index (χ0v) is 16.1. The number of carboxylic acid groups (broad SMARTS) is 1. The van der Waals surface area contributed by atoms with Gasteiger partial charge in [0.15, 0.2) is 0 Å². The number of carboxylic acids is 1. The number of rotatable bonds is 7. The summed E-state index contributed by atoms with van der Waals surface area (Å²) in [6, 6.07) is 5.56. The first-order chi connectivity index (χ1) is 12.0. The fourth-order valence-electron chi connectivity index (χ4n) is 3.30. The molecule has 3 nitrogen and oxygen atoms in total. The van der Waals surface area contributed by atoms with Gasteiger partial charge in [-0.1, -0.05) is 47.9 Å². The van der Waals surface area contributed by atoms with E-state index in [0.717, 1.165) is 44.2 Å². The van der Waals surface area contributed by atoms with Crippen LogP contribution >= 0.6 is 23.2 Å². The van der Waals surface area contributed by atoms with E-state index in [2.05, 4.69) is 24.6 Å². The molecule has 1 aliphatic heterocycles. The molecule has 1 heterocycles. The van der Waals surface area contributed by atoms with Gasteiger partial charge in [-0.05, 0) is 30.0 Å². The highest BCUT2D eigenvalue weighted by Crippen LogP contribution is 2.28. The van der Waals surface area contributed by atoms with Gasteiger partial charge in [0.05, 0.1) is 16.0 Å². The number of benzene rings is 1. The molecule has 0 radical (unpaired) electrons. The standard InChI is InChI=1S/C19H24BCl2NO2/c20-9-4-6-15-12-23(13-16(15)19(24)25)10-3-1-2-5-14-7-8-17(21)18(22)11-14/h7-8,11,15-16H,3-6,9-10,12-13,20H2,(H,24,25)/t15-,16+/m0/s1. The molecule has 1 aromatic carbocycles. The molecule has 1 fully saturated rings. The fourth-order valence-corrected chi connectivity index (χ4v) is 3.62. The van der Waals surface area contributed by atoms with Crippen molar-refractivity contribution in [1.82, 2.24) is 4.90 Å². The van der Waals surface area contributed by atoms with Crippen LogP contribution < -0.4 is 0 Å². The first-order valence-corrected chi connectivity index (χ1v) is 9.61. The predicted molar refractivity (Wildman–Crippen MR) is 106 cm³/mol. The lowest BCUT2D eigenvalue weighted by Gasteiger charge is -2.14. The van der Waals surface area contributed by atoms with E-state index in [-0.39, 0.29) is 11.8 Å². The van der Waals surface area contributed by atoms with Crippen molar-refractivity contribution >= 4 is 37.0 Å². The van der Waals surface area contributed by atoms with Gasteiger partial charge in [0.1, 0.15) is 7.85 Å². The molecule has 0 bridgehead atoms. The number of hydrogen-bond acceptors (Lipinski definition) is 2. The van der Waals surface area contributed by atoms with Gasteiger partial charge in [-0.2, -0.15) is 0 Å². The molecule has 1 saturated heterocycles. The maximum absolute atomic E-state index is 11.4. The summed E-state index contributed by atoms with van der Waals surface area (Å²) in [5.41, 5.74) is 1.05. The Morgan fingerprint density at radius 1 is 1.28 bits per heavy atom. The molecule has 1 aromatic rings. The SMILES string of the molecule is BCCC[C@H]1CN(CCC#CCc2ccc(Cl)c(Cl)c2)C[C@H]1C(=O)O. The van der Waals surface area contributed by atoms with Crippen LogP contribution in [0, 0.1) is 23.7 Å². The number of aliphatic carboxylic acids is 1. The largest absolute Gasteiger partial charge is 0.481 e. The van der Waals surface area contributed by atoms with E-state index in [1.807, 2.05) is 12.1 Å². The van der Waals surface area contributed by atoms with E-state index < -0.39 is 5.97 Å².